The van der Waals surface area contributed by atoms with Crippen molar-refractivity contribution in [3.05, 3.63) is 48.5 Å². The second-order valence-corrected chi connectivity index (χ2v) is 5.50. The zero-order chi connectivity index (χ0) is 15.7. The summed E-state index contributed by atoms with van der Waals surface area (Å²) in [6.45, 7) is 0. The van der Waals surface area contributed by atoms with Gasteiger partial charge in [-0.1, -0.05) is 24.3 Å². The quantitative estimate of drug-likeness (QED) is 0.880. The lowest BCUT2D eigenvalue weighted by Gasteiger charge is -2.09. The van der Waals surface area contributed by atoms with E-state index in [-0.39, 0.29) is 10.6 Å². The van der Waals surface area contributed by atoms with Crippen LogP contribution in [-0.4, -0.2) is 19.3 Å². The molecule has 0 aliphatic rings. The highest BCUT2D eigenvalue weighted by Gasteiger charge is 2.30. The maximum absolute atomic E-state index is 12.0. The van der Waals surface area contributed by atoms with Crippen molar-refractivity contribution in [2.45, 2.75) is 11.3 Å². The van der Waals surface area contributed by atoms with E-state index in [9.17, 15) is 21.6 Å². The van der Waals surface area contributed by atoms with E-state index in [0.29, 0.717) is 11.1 Å². The Hall–Kier alpha value is -2.06. The van der Waals surface area contributed by atoms with Crippen LogP contribution in [0.25, 0.3) is 11.1 Å². The Morgan fingerprint density at radius 3 is 2.10 bits per heavy atom. The largest absolute Gasteiger partial charge is 0.573 e. The monoisotopic (exact) mass is 318 g/mol. The third-order valence-electron chi connectivity index (χ3n) is 2.55. The smallest absolute Gasteiger partial charge is 0.406 e. The molecule has 0 aliphatic heterocycles. The van der Waals surface area contributed by atoms with Gasteiger partial charge in [0.2, 0.25) is 0 Å². The van der Waals surface area contributed by atoms with Gasteiger partial charge in [0.25, 0.3) is 10.1 Å². The highest BCUT2D eigenvalue weighted by atomic mass is 32.2. The van der Waals surface area contributed by atoms with E-state index in [2.05, 4.69) is 4.74 Å². The minimum atomic E-state index is -4.77. The standard InChI is InChI=1S/C13H9F3O4S/c14-13(15,16)20-11-6-4-9(5-7-11)10-2-1-3-12(8-10)21(17,18)19/h1-8H,(H,17,18,19). The van der Waals surface area contributed by atoms with Crippen LogP contribution in [0.1, 0.15) is 0 Å². The molecule has 2 aromatic carbocycles. The molecule has 0 aromatic heterocycles. The molecule has 0 saturated carbocycles. The summed E-state index contributed by atoms with van der Waals surface area (Å²) in [5, 5.41) is 0. The summed E-state index contributed by atoms with van der Waals surface area (Å²) in [5.74, 6) is -0.378. The summed E-state index contributed by atoms with van der Waals surface area (Å²) >= 11 is 0. The molecule has 0 fully saturated rings. The minimum absolute atomic E-state index is 0.296. The van der Waals surface area contributed by atoms with Crippen molar-refractivity contribution in [3.8, 4) is 16.9 Å². The third kappa shape index (κ3) is 4.20. The number of alkyl halides is 3. The molecule has 0 aliphatic carbocycles. The van der Waals surface area contributed by atoms with E-state index < -0.39 is 16.5 Å². The molecule has 4 nitrogen and oxygen atoms in total. The summed E-state index contributed by atoms with van der Waals surface area (Å²) in [6.07, 6.45) is -4.77. The van der Waals surface area contributed by atoms with E-state index in [1.165, 1.54) is 30.3 Å². The zero-order valence-electron chi connectivity index (χ0n) is 10.3. The first-order valence-corrected chi connectivity index (χ1v) is 7.03. The van der Waals surface area contributed by atoms with Gasteiger partial charge in [-0.15, -0.1) is 13.2 Å². The topological polar surface area (TPSA) is 63.6 Å². The predicted molar refractivity (Wildman–Crippen MR) is 68.4 cm³/mol. The maximum Gasteiger partial charge on any atom is 0.573 e. The van der Waals surface area contributed by atoms with E-state index in [4.69, 9.17) is 4.55 Å². The van der Waals surface area contributed by atoms with Crippen LogP contribution in [-0.2, 0) is 10.1 Å². The molecule has 2 aromatic rings. The lowest BCUT2D eigenvalue weighted by molar-refractivity contribution is -0.274. The van der Waals surface area contributed by atoms with Crippen LogP contribution in [0.3, 0.4) is 0 Å². The number of hydrogen-bond donors (Lipinski definition) is 1. The van der Waals surface area contributed by atoms with E-state index >= 15 is 0 Å². The molecule has 21 heavy (non-hydrogen) atoms. The van der Waals surface area contributed by atoms with Crippen LogP contribution < -0.4 is 4.74 Å². The lowest BCUT2D eigenvalue weighted by atomic mass is 10.1. The molecule has 0 amide bonds. The molecule has 8 heteroatoms. The van der Waals surface area contributed by atoms with Crippen molar-refractivity contribution in [1.82, 2.24) is 0 Å². The van der Waals surface area contributed by atoms with Gasteiger partial charge in [-0.05, 0) is 35.4 Å². The first-order chi connectivity index (χ1) is 9.65. The van der Waals surface area contributed by atoms with Gasteiger partial charge < -0.3 is 4.74 Å². The molecule has 0 unspecified atom stereocenters. The highest BCUT2D eigenvalue weighted by molar-refractivity contribution is 7.85. The number of benzene rings is 2. The van der Waals surface area contributed by atoms with Gasteiger partial charge in [-0.2, -0.15) is 8.42 Å². The van der Waals surface area contributed by atoms with E-state index in [1.807, 2.05) is 0 Å². The first-order valence-electron chi connectivity index (χ1n) is 5.59. The van der Waals surface area contributed by atoms with Gasteiger partial charge in [0, 0.05) is 0 Å². The SMILES string of the molecule is O=S(=O)(O)c1cccc(-c2ccc(OC(F)(F)F)cc2)c1. The van der Waals surface area contributed by atoms with Crippen molar-refractivity contribution in [1.29, 1.82) is 0 Å². The first kappa shape index (κ1) is 15.3. The second kappa shape index (κ2) is 5.38. The van der Waals surface area contributed by atoms with Crippen molar-refractivity contribution < 1.29 is 30.9 Å². The highest BCUT2D eigenvalue weighted by Crippen LogP contribution is 2.27. The van der Waals surface area contributed by atoms with Crippen LogP contribution in [0.4, 0.5) is 13.2 Å². The Morgan fingerprint density at radius 1 is 0.952 bits per heavy atom. The maximum atomic E-state index is 12.0. The molecule has 0 heterocycles. The second-order valence-electron chi connectivity index (χ2n) is 4.08. The average Bonchev–Trinajstić information content (AvgIpc) is 2.37. The number of halogens is 3. The van der Waals surface area contributed by atoms with Gasteiger partial charge >= 0.3 is 6.36 Å². The van der Waals surface area contributed by atoms with Crippen LogP contribution in [0.15, 0.2) is 53.4 Å². The van der Waals surface area contributed by atoms with Gasteiger partial charge in [0.1, 0.15) is 5.75 Å². The number of hydrogen-bond acceptors (Lipinski definition) is 3. The molecule has 112 valence electrons. The van der Waals surface area contributed by atoms with Crippen molar-refractivity contribution >= 4 is 10.1 Å². The van der Waals surface area contributed by atoms with Crippen LogP contribution in [0.5, 0.6) is 5.75 Å². The molecule has 2 rings (SSSR count). The van der Waals surface area contributed by atoms with Gasteiger partial charge in [0.15, 0.2) is 0 Å². The molecular formula is C13H9F3O4S. The fourth-order valence-corrected chi connectivity index (χ4v) is 2.21. The summed E-state index contributed by atoms with van der Waals surface area (Å²) in [4.78, 5) is -0.296. The van der Waals surface area contributed by atoms with Crippen molar-refractivity contribution in [2.75, 3.05) is 0 Å². The molecular weight excluding hydrogens is 309 g/mol. The predicted octanol–water partition coefficient (Wildman–Crippen LogP) is 3.50. The molecule has 0 atom stereocenters. The Morgan fingerprint density at radius 2 is 1.57 bits per heavy atom. The Balaban J connectivity index is 2.31. The van der Waals surface area contributed by atoms with Crippen molar-refractivity contribution in [3.63, 3.8) is 0 Å². The Labute approximate surface area is 118 Å². The molecule has 1 N–H and O–H groups in total. The third-order valence-corrected chi connectivity index (χ3v) is 3.40. The van der Waals surface area contributed by atoms with Crippen molar-refractivity contribution in [2.24, 2.45) is 0 Å². The Kier molecular flexibility index (Phi) is 3.93. The zero-order valence-corrected chi connectivity index (χ0v) is 11.1. The van der Waals surface area contributed by atoms with Crippen LogP contribution in [0.2, 0.25) is 0 Å². The fraction of sp³-hybridized carbons (Fsp3) is 0.0769. The Bertz CT molecular complexity index is 737. The molecule has 0 bridgehead atoms. The van der Waals surface area contributed by atoms with Gasteiger partial charge in [-0.25, -0.2) is 0 Å². The molecule has 0 saturated heterocycles. The normalized spacial score (nSPS) is 12.2. The van der Waals surface area contributed by atoms with Gasteiger partial charge in [-0.3, -0.25) is 4.55 Å². The number of ether oxygens (including phenoxy) is 1. The van der Waals surface area contributed by atoms with Gasteiger partial charge in [0.05, 0.1) is 4.90 Å². The summed E-state index contributed by atoms with van der Waals surface area (Å²) < 4.78 is 70.9. The van der Waals surface area contributed by atoms with Crippen LogP contribution >= 0.6 is 0 Å². The summed E-state index contributed by atoms with van der Waals surface area (Å²) in [5.41, 5.74) is 0.915. The fourth-order valence-electron chi connectivity index (χ4n) is 1.69. The molecule has 0 radical (unpaired) electrons. The number of rotatable bonds is 3. The minimum Gasteiger partial charge on any atom is -0.406 e. The average molecular weight is 318 g/mol. The van der Waals surface area contributed by atoms with E-state index in [0.717, 1.165) is 12.1 Å². The van der Waals surface area contributed by atoms with Crippen LogP contribution in [0, 0.1) is 0 Å². The lowest BCUT2D eigenvalue weighted by Crippen LogP contribution is -2.16. The summed E-state index contributed by atoms with van der Waals surface area (Å²) in [6, 6.07) is 10.3. The summed E-state index contributed by atoms with van der Waals surface area (Å²) in [7, 11) is -4.34. The molecule has 0 spiro atoms. The van der Waals surface area contributed by atoms with E-state index in [1.54, 1.807) is 6.07 Å².